The van der Waals surface area contributed by atoms with Crippen molar-refractivity contribution in [2.24, 2.45) is 11.7 Å². The fraction of sp³-hybridized carbons (Fsp3) is 0.929. The van der Waals surface area contributed by atoms with Crippen molar-refractivity contribution in [1.29, 1.82) is 0 Å². The first kappa shape index (κ1) is 16.4. The molecule has 0 radical (unpaired) electrons. The molecule has 1 aliphatic rings. The highest BCUT2D eigenvalue weighted by atomic mass is 16.5. The Morgan fingerprint density at radius 2 is 1.95 bits per heavy atom. The second-order valence-corrected chi connectivity index (χ2v) is 5.78. The van der Waals surface area contributed by atoms with Crippen molar-refractivity contribution >= 4 is 5.91 Å². The molecule has 1 aliphatic heterocycles. The molecule has 0 saturated carbocycles. The van der Waals surface area contributed by atoms with Gasteiger partial charge in [-0.1, -0.05) is 13.8 Å². The predicted octanol–water partition coefficient (Wildman–Crippen LogP) is 0.587. The molecule has 1 amide bonds. The summed E-state index contributed by atoms with van der Waals surface area (Å²) in [5.41, 5.74) is 5.66. The number of carbonyl (C=O) groups excluding carboxylic acids is 1. The van der Waals surface area contributed by atoms with Crippen molar-refractivity contribution in [3.8, 4) is 0 Å². The van der Waals surface area contributed by atoms with Gasteiger partial charge in [-0.15, -0.1) is 0 Å². The number of hydrogen-bond acceptors (Lipinski definition) is 4. The monoisotopic (exact) mass is 271 g/mol. The van der Waals surface area contributed by atoms with Crippen LogP contribution in [0.3, 0.4) is 0 Å². The molecule has 5 heteroatoms. The minimum absolute atomic E-state index is 0.0888. The van der Waals surface area contributed by atoms with Crippen molar-refractivity contribution in [1.82, 2.24) is 10.2 Å². The van der Waals surface area contributed by atoms with E-state index in [2.05, 4.69) is 24.1 Å². The van der Waals surface area contributed by atoms with Gasteiger partial charge in [0, 0.05) is 38.1 Å². The third-order valence-corrected chi connectivity index (χ3v) is 3.62. The van der Waals surface area contributed by atoms with Crippen molar-refractivity contribution in [2.75, 3.05) is 32.8 Å². The van der Waals surface area contributed by atoms with Gasteiger partial charge in [0.25, 0.3) is 0 Å². The zero-order valence-corrected chi connectivity index (χ0v) is 12.5. The summed E-state index contributed by atoms with van der Waals surface area (Å²) in [6, 6.07) is 0.481. The van der Waals surface area contributed by atoms with Gasteiger partial charge in [-0.3, -0.25) is 9.69 Å². The number of amides is 1. The lowest BCUT2D eigenvalue weighted by Gasteiger charge is -2.36. The molecule has 0 aromatic carbocycles. The molecule has 0 bridgehead atoms. The lowest BCUT2D eigenvalue weighted by atomic mass is 10.0. The number of hydrogen-bond donors (Lipinski definition) is 2. The zero-order chi connectivity index (χ0) is 14.3. The Hall–Kier alpha value is -0.650. The summed E-state index contributed by atoms with van der Waals surface area (Å²) in [5.74, 6) is 0.628. The number of rotatable bonds is 7. The van der Waals surface area contributed by atoms with Crippen LogP contribution in [-0.2, 0) is 9.53 Å². The van der Waals surface area contributed by atoms with Crippen LogP contribution >= 0.6 is 0 Å². The van der Waals surface area contributed by atoms with E-state index in [9.17, 15) is 4.79 Å². The van der Waals surface area contributed by atoms with Gasteiger partial charge in [-0.2, -0.15) is 0 Å². The van der Waals surface area contributed by atoms with E-state index in [1.807, 2.05) is 6.92 Å². The third kappa shape index (κ3) is 6.36. The number of nitrogens with one attached hydrogen (secondary N) is 1. The number of morpholine rings is 1. The molecule has 3 N–H and O–H groups in total. The van der Waals surface area contributed by atoms with E-state index in [0.29, 0.717) is 18.4 Å². The average Bonchev–Trinajstić information content (AvgIpc) is 2.37. The molecule has 2 atom stereocenters. The van der Waals surface area contributed by atoms with Crippen LogP contribution < -0.4 is 11.1 Å². The fourth-order valence-electron chi connectivity index (χ4n) is 2.36. The molecule has 0 aromatic rings. The molecule has 1 fully saturated rings. The maximum absolute atomic E-state index is 11.7. The molecule has 0 aliphatic carbocycles. The molecule has 112 valence electrons. The van der Waals surface area contributed by atoms with Crippen LogP contribution in [0.4, 0.5) is 0 Å². The molecule has 5 nitrogen and oxygen atoms in total. The first-order chi connectivity index (χ1) is 9.00. The summed E-state index contributed by atoms with van der Waals surface area (Å²) >= 11 is 0. The SMILES string of the molecule is CC(N)CCC(=O)NCC(C(C)C)N1CCOCC1. The van der Waals surface area contributed by atoms with Gasteiger partial charge in [0.1, 0.15) is 0 Å². The summed E-state index contributed by atoms with van der Waals surface area (Å²) < 4.78 is 5.38. The molecule has 0 spiro atoms. The lowest BCUT2D eigenvalue weighted by Crippen LogP contribution is -2.51. The van der Waals surface area contributed by atoms with Gasteiger partial charge in [-0.25, -0.2) is 0 Å². The third-order valence-electron chi connectivity index (χ3n) is 3.62. The van der Waals surface area contributed by atoms with E-state index in [0.717, 1.165) is 39.3 Å². The van der Waals surface area contributed by atoms with Gasteiger partial charge < -0.3 is 15.8 Å². The van der Waals surface area contributed by atoms with Gasteiger partial charge in [0.2, 0.25) is 5.91 Å². The van der Waals surface area contributed by atoms with Gasteiger partial charge in [-0.05, 0) is 19.3 Å². The quantitative estimate of drug-likeness (QED) is 0.711. The molecule has 1 heterocycles. The van der Waals surface area contributed by atoms with Crippen LogP contribution in [0.15, 0.2) is 0 Å². The Balaban J connectivity index is 2.34. The summed E-state index contributed by atoms with van der Waals surface area (Å²) in [6.07, 6.45) is 1.27. The van der Waals surface area contributed by atoms with Crippen molar-refractivity contribution < 1.29 is 9.53 Å². The van der Waals surface area contributed by atoms with Crippen LogP contribution in [-0.4, -0.2) is 55.7 Å². The Kier molecular flexibility index (Phi) is 7.34. The van der Waals surface area contributed by atoms with E-state index in [1.54, 1.807) is 0 Å². The smallest absolute Gasteiger partial charge is 0.220 e. The number of nitrogens with two attached hydrogens (primary N) is 1. The van der Waals surface area contributed by atoms with E-state index in [1.165, 1.54) is 0 Å². The predicted molar refractivity (Wildman–Crippen MR) is 76.9 cm³/mol. The summed E-state index contributed by atoms with van der Waals surface area (Å²) in [4.78, 5) is 14.2. The molecule has 1 rings (SSSR count). The van der Waals surface area contributed by atoms with Crippen LogP contribution in [0, 0.1) is 5.92 Å². The van der Waals surface area contributed by atoms with Crippen LogP contribution in [0.1, 0.15) is 33.6 Å². The van der Waals surface area contributed by atoms with E-state index < -0.39 is 0 Å². The summed E-state index contributed by atoms with van der Waals surface area (Å²) in [6.45, 7) is 10.6. The number of ether oxygens (including phenoxy) is 1. The first-order valence-electron chi connectivity index (χ1n) is 7.34. The standard InChI is InChI=1S/C14H29N3O2/c1-11(2)13(17-6-8-19-9-7-17)10-16-14(18)5-4-12(3)15/h11-13H,4-10,15H2,1-3H3,(H,16,18). The summed E-state index contributed by atoms with van der Waals surface area (Å²) in [7, 11) is 0. The minimum atomic E-state index is 0.0888. The Labute approximate surface area is 116 Å². The van der Waals surface area contributed by atoms with Gasteiger partial charge >= 0.3 is 0 Å². The van der Waals surface area contributed by atoms with Crippen LogP contribution in [0.2, 0.25) is 0 Å². The van der Waals surface area contributed by atoms with E-state index in [-0.39, 0.29) is 11.9 Å². The highest BCUT2D eigenvalue weighted by Gasteiger charge is 2.24. The lowest BCUT2D eigenvalue weighted by molar-refractivity contribution is -0.121. The molecule has 0 aromatic heterocycles. The zero-order valence-electron chi connectivity index (χ0n) is 12.5. The van der Waals surface area contributed by atoms with Crippen molar-refractivity contribution in [2.45, 2.75) is 45.7 Å². The highest BCUT2D eigenvalue weighted by Crippen LogP contribution is 2.12. The van der Waals surface area contributed by atoms with Crippen LogP contribution in [0.5, 0.6) is 0 Å². The Morgan fingerprint density at radius 1 is 1.32 bits per heavy atom. The largest absolute Gasteiger partial charge is 0.379 e. The normalized spacial score (nSPS) is 20.3. The molecule has 1 saturated heterocycles. The maximum atomic E-state index is 11.7. The Morgan fingerprint density at radius 3 is 2.47 bits per heavy atom. The maximum Gasteiger partial charge on any atom is 0.220 e. The van der Waals surface area contributed by atoms with E-state index >= 15 is 0 Å². The van der Waals surface area contributed by atoms with Gasteiger partial charge in [0.15, 0.2) is 0 Å². The average molecular weight is 271 g/mol. The highest BCUT2D eigenvalue weighted by molar-refractivity contribution is 5.75. The fourth-order valence-corrected chi connectivity index (χ4v) is 2.36. The second-order valence-electron chi connectivity index (χ2n) is 5.78. The number of carbonyl (C=O) groups is 1. The molecule has 2 unspecified atom stereocenters. The minimum Gasteiger partial charge on any atom is -0.379 e. The second kappa shape index (κ2) is 8.51. The molecular formula is C14H29N3O2. The van der Waals surface area contributed by atoms with Crippen molar-refractivity contribution in [3.63, 3.8) is 0 Å². The molecular weight excluding hydrogens is 242 g/mol. The molecule has 19 heavy (non-hydrogen) atoms. The van der Waals surface area contributed by atoms with E-state index in [4.69, 9.17) is 10.5 Å². The number of nitrogens with zero attached hydrogens (tertiary/aromatic N) is 1. The first-order valence-corrected chi connectivity index (χ1v) is 7.34. The topological polar surface area (TPSA) is 67.6 Å². The van der Waals surface area contributed by atoms with Crippen molar-refractivity contribution in [3.05, 3.63) is 0 Å². The summed E-state index contributed by atoms with van der Waals surface area (Å²) in [5, 5.41) is 3.04. The van der Waals surface area contributed by atoms with Crippen LogP contribution in [0.25, 0.3) is 0 Å². The Bertz CT molecular complexity index is 263. The van der Waals surface area contributed by atoms with Gasteiger partial charge in [0.05, 0.1) is 13.2 Å².